The summed E-state index contributed by atoms with van der Waals surface area (Å²) >= 11 is 0. The maximum atomic E-state index is 12.7. The normalized spacial score (nSPS) is 11.2. The Morgan fingerprint density at radius 1 is 1.00 bits per heavy atom. The third-order valence-corrected chi connectivity index (χ3v) is 3.62. The molecule has 1 aromatic carbocycles. The first-order valence-corrected chi connectivity index (χ1v) is 8.25. The lowest BCUT2D eigenvalue weighted by Gasteiger charge is -2.19. The number of benzene rings is 1. The van der Waals surface area contributed by atoms with Crippen LogP contribution in [-0.2, 0) is 4.74 Å². The van der Waals surface area contributed by atoms with E-state index < -0.39 is 11.6 Å². The predicted molar refractivity (Wildman–Crippen MR) is 99.0 cm³/mol. The number of aromatic nitrogens is 3. The quantitative estimate of drug-likeness (QED) is 0.716. The van der Waals surface area contributed by atoms with Crippen LogP contribution in [-0.4, -0.2) is 33.6 Å². The smallest absolute Gasteiger partial charge is 0.357 e. The molecule has 2 heterocycles. The van der Waals surface area contributed by atoms with Crippen LogP contribution in [0.1, 0.15) is 31.3 Å². The van der Waals surface area contributed by atoms with Gasteiger partial charge in [0.25, 0.3) is 0 Å². The Bertz CT molecular complexity index is 894. The lowest BCUT2D eigenvalue weighted by atomic mass is 10.1. The molecule has 6 nitrogen and oxygen atoms in total. The highest BCUT2D eigenvalue weighted by Crippen LogP contribution is 2.28. The number of esters is 1. The first kappa shape index (κ1) is 17.7. The zero-order chi connectivity index (χ0) is 18.7. The van der Waals surface area contributed by atoms with Crippen LogP contribution in [0.15, 0.2) is 48.8 Å². The standard InChI is InChI=1S/C20H21N3O3/c1-20(2,3)26-19(24)17-16(13-9-11-21-12-10-13)22-18(23-17)14-5-7-15(25-4)8-6-14/h5-12H,1-4H3,(H,22,23). The molecular formula is C20H21N3O3. The molecule has 26 heavy (non-hydrogen) atoms. The number of ether oxygens (including phenoxy) is 2. The van der Waals surface area contributed by atoms with Crippen LogP contribution < -0.4 is 4.74 Å². The van der Waals surface area contributed by atoms with E-state index in [1.165, 1.54) is 0 Å². The molecule has 0 unspecified atom stereocenters. The van der Waals surface area contributed by atoms with E-state index in [0.717, 1.165) is 16.9 Å². The van der Waals surface area contributed by atoms with E-state index in [4.69, 9.17) is 9.47 Å². The first-order valence-electron chi connectivity index (χ1n) is 8.25. The van der Waals surface area contributed by atoms with Crippen molar-refractivity contribution in [1.82, 2.24) is 15.0 Å². The van der Waals surface area contributed by atoms with Crippen LogP contribution >= 0.6 is 0 Å². The number of pyridine rings is 1. The Morgan fingerprint density at radius 3 is 2.23 bits per heavy atom. The first-order chi connectivity index (χ1) is 12.4. The molecule has 0 aliphatic heterocycles. The Labute approximate surface area is 152 Å². The van der Waals surface area contributed by atoms with E-state index in [0.29, 0.717) is 17.2 Å². The van der Waals surface area contributed by atoms with E-state index in [1.807, 2.05) is 57.2 Å². The number of nitrogens with zero attached hydrogens (tertiary/aromatic N) is 2. The third-order valence-electron chi connectivity index (χ3n) is 3.62. The second-order valence-electron chi connectivity index (χ2n) is 6.78. The lowest BCUT2D eigenvalue weighted by Crippen LogP contribution is -2.24. The van der Waals surface area contributed by atoms with Crippen LogP contribution in [0.25, 0.3) is 22.6 Å². The van der Waals surface area contributed by atoms with Gasteiger partial charge in [0, 0.05) is 23.5 Å². The monoisotopic (exact) mass is 351 g/mol. The highest BCUT2D eigenvalue weighted by Gasteiger charge is 2.25. The summed E-state index contributed by atoms with van der Waals surface area (Å²) in [4.78, 5) is 24.4. The van der Waals surface area contributed by atoms with Gasteiger partial charge in [-0.3, -0.25) is 4.98 Å². The Balaban J connectivity index is 2.06. The van der Waals surface area contributed by atoms with Crippen molar-refractivity contribution in [2.75, 3.05) is 7.11 Å². The van der Waals surface area contributed by atoms with Gasteiger partial charge in [-0.2, -0.15) is 0 Å². The number of carbonyl (C=O) groups excluding carboxylic acids is 1. The molecule has 6 heteroatoms. The number of hydrogen-bond acceptors (Lipinski definition) is 5. The van der Waals surface area contributed by atoms with Crippen LogP contribution in [0.4, 0.5) is 0 Å². The molecule has 0 saturated carbocycles. The average Bonchev–Trinajstić information content (AvgIpc) is 3.07. The zero-order valence-electron chi connectivity index (χ0n) is 15.2. The topological polar surface area (TPSA) is 77.1 Å². The summed E-state index contributed by atoms with van der Waals surface area (Å²) in [6.45, 7) is 5.49. The van der Waals surface area contributed by atoms with Crippen molar-refractivity contribution in [2.45, 2.75) is 26.4 Å². The summed E-state index contributed by atoms with van der Waals surface area (Å²) in [5.41, 5.74) is 1.88. The second kappa shape index (κ2) is 7.00. The molecule has 0 atom stereocenters. The van der Waals surface area contributed by atoms with E-state index in [9.17, 15) is 4.79 Å². The molecule has 0 radical (unpaired) electrons. The number of rotatable bonds is 4. The predicted octanol–water partition coefficient (Wildman–Crippen LogP) is 4.10. The van der Waals surface area contributed by atoms with Gasteiger partial charge in [-0.05, 0) is 57.2 Å². The number of nitrogens with one attached hydrogen (secondary N) is 1. The minimum atomic E-state index is -0.599. The van der Waals surface area contributed by atoms with Crippen molar-refractivity contribution in [3.8, 4) is 28.4 Å². The molecule has 0 saturated heterocycles. The van der Waals surface area contributed by atoms with Crippen molar-refractivity contribution in [2.24, 2.45) is 0 Å². The van der Waals surface area contributed by atoms with Crippen molar-refractivity contribution < 1.29 is 14.3 Å². The third kappa shape index (κ3) is 3.91. The highest BCUT2D eigenvalue weighted by atomic mass is 16.6. The summed E-state index contributed by atoms with van der Waals surface area (Å²) in [5, 5.41) is 0. The molecule has 0 aliphatic rings. The van der Waals surface area contributed by atoms with Gasteiger partial charge in [0.1, 0.15) is 22.9 Å². The molecule has 1 N–H and O–H groups in total. The minimum Gasteiger partial charge on any atom is -0.497 e. The molecule has 2 aromatic heterocycles. The van der Waals surface area contributed by atoms with E-state index in [1.54, 1.807) is 19.5 Å². The molecule has 0 spiro atoms. The molecule has 0 fully saturated rings. The summed E-state index contributed by atoms with van der Waals surface area (Å²) < 4.78 is 10.7. The summed E-state index contributed by atoms with van der Waals surface area (Å²) in [5.74, 6) is 0.888. The largest absolute Gasteiger partial charge is 0.497 e. The molecule has 134 valence electrons. The highest BCUT2D eigenvalue weighted by molar-refractivity contribution is 5.95. The van der Waals surface area contributed by atoms with E-state index >= 15 is 0 Å². The van der Waals surface area contributed by atoms with Gasteiger partial charge in [-0.15, -0.1) is 0 Å². The molecular weight excluding hydrogens is 330 g/mol. The van der Waals surface area contributed by atoms with Gasteiger partial charge in [-0.25, -0.2) is 9.78 Å². The number of H-pyrrole nitrogens is 1. The van der Waals surface area contributed by atoms with Crippen molar-refractivity contribution >= 4 is 5.97 Å². The van der Waals surface area contributed by atoms with Crippen molar-refractivity contribution in [3.63, 3.8) is 0 Å². The zero-order valence-corrected chi connectivity index (χ0v) is 15.2. The lowest BCUT2D eigenvalue weighted by molar-refractivity contribution is 0.00645. The maximum absolute atomic E-state index is 12.7. The summed E-state index contributed by atoms with van der Waals surface area (Å²) in [7, 11) is 1.62. The summed E-state index contributed by atoms with van der Waals surface area (Å²) in [6.07, 6.45) is 3.33. The average molecular weight is 351 g/mol. The van der Waals surface area contributed by atoms with Crippen LogP contribution in [0.5, 0.6) is 5.75 Å². The second-order valence-corrected chi connectivity index (χ2v) is 6.78. The Kier molecular flexibility index (Phi) is 4.75. The van der Waals surface area contributed by atoms with E-state index in [2.05, 4.69) is 15.0 Å². The fourth-order valence-corrected chi connectivity index (χ4v) is 2.45. The van der Waals surface area contributed by atoms with Crippen LogP contribution in [0.3, 0.4) is 0 Å². The molecule has 0 bridgehead atoms. The minimum absolute atomic E-state index is 0.317. The Hall–Kier alpha value is -3.15. The van der Waals surface area contributed by atoms with E-state index in [-0.39, 0.29) is 0 Å². The molecule has 3 rings (SSSR count). The summed E-state index contributed by atoms with van der Waals surface area (Å²) in [6, 6.07) is 11.1. The van der Waals surface area contributed by atoms with Crippen molar-refractivity contribution in [3.05, 3.63) is 54.5 Å². The SMILES string of the molecule is COc1ccc(-c2nc(-c3ccncc3)c(C(=O)OC(C)(C)C)[nH]2)cc1. The van der Waals surface area contributed by atoms with Crippen LogP contribution in [0.2, 0.25) is 0 Å². The number of aromatic amines is 1. The van der Waals surface area contributed by atoms with Crippen LogP contribution in [0, 0.1) is 0 Å². The van der Waals surface area contributed by atoms with Gasteiger partial charge < -0.3 is 14.5 Å². The number of methoxy groups -OCH3 is 1. The van der Waals surface area contributed by atoms with Gasteiger partial charge in [-0.1, -0.05) is 0 Å². The maximum Gasteiger partial charge on any atom is 0.357 e. The fourth-order valence-electron chi connectivity index (χ4n) is 2.45. The fraction of sp³-hybridized carbons (Fsp3) is 0.250. The molecule has 0 amide bonds. The van der Waals surface area contributed by atoms with Gasteiger partial charge in [0.05, 0.1) is 7.11 Å². The number of carbonyl (C=O) groups is 1. The van der Waals surface area contributed by atoms with Gasteiger partial charge in [0.2, 0.25) is 0 Å². The number of imidazole rings is 1. The molecule has 3 aromatic rings. The van der Waals surface area contributed by atoms with Crippen molar-refractivity contribution in [1.29, 1.82) is 0 Å². The van der Waals surface area contributed by atoms with Gasteiger partial charge in [0.15, 0.2) is 5.69 Å². The molecule has 0 aliphatic carbocycles. The number of hydrogen-bond donors (Lipinski definition) is 1. The Morgan fingerprint density at radius 2 is 1.65 bits per heavy atom. The van der Waals surface area contributed by atoms with Gasteiger partial charge >= 0.3 is 5.97 Å².